The molecule has 0 spiro atoms. The van der Waals surface area contributed by atoms with Crippen molar-refractivity contribution >= 4 is 23.6 Å². The number of carbonyl (C=O) groups excluding carboxylic acids is 2. The zero-order valence-corrected chi connectivity index (χ0v) is 14.7. The summed E-state index contributed by atoms with van der Waals surface area (Å²) in [5.41, 5.74) is 1.59. The first kappa shape index (κ1) is 18.3. The topological polar surface area (TPSA) is 67.9 Å². The molecular weight excluding hydrogens is 332 g/mol. The SMILES string of the molecule is CCN1C(=O)NC(c2ccccc2Cl)C(C(=O)OCCOC)=C1C. The van der Waals surface area contributed by atoms with Gasteiger partial charge in [-0.05, 0) is 25.5 Å². The van der Waals surface area contributed by atoms with E-state index in [9.17, 15) is 9.59 Å². The fourth-order valence-corrected chi connectivity index (χ4v) is 2.91. The van der Waals surface area contributed by atoms with Crippen LogP contribution in [0, 0.1) is 0 Å². The van der Waals surface area contributed by atoms with Gasteiger partial charge in [-0.1, -0.05) is 29.8 Å². The Labute approximate surface area is 146 Å². The number of urea groups is 1. The molecule has 1 N–H and O–H groups in total. The number of nitrogens with one attached hydrogen (secondary N) is 1. The maximum atomic E-state index is 12.6. The second kappa shape index (κ2) is 8.17. The van der Waals surface area contributed by atoms with Crippen molar-refractivity contribution in [1.82, 2.24) is 10.2 Å². The highest BCUT2D eigenvalue weighted by molar-refractivity contribution is 6.31. The van der Waals surface area contributed by atoms with Crippen LogP contribution in [0.4, 0.5) is 4.79 Å². The van der Waals surface area contributed by atoms with Crippen LogP contribution >= 0.6 is 11.6 Å². The maximum Gasteiger partial charge on any atom is 0.338 e. The molecule has 6 nitrogen and oxygen atoms in total. The number of allylic oxidation sites excluding steroid dienone is 1. The highest BCUT2D eigenvalue weighted by atomic mass is 35.5. The van der Waals surface area contributed by atoms with Crippen molar-refractivity contribution in [2.45, 2.75) is 19.9 Å². The average Bonchev–Trinajstić information content (AvgIpc) is 2.55. The fourth-order valence-electron chi connectivity index (χ4n) is 2.66. The van der Waals surface area contributed by atoms with Gasteiger partial charge in [-0.2, -0.15) is 0 Å². The zero-order chi connectivity index (χ0) is 17.7. The molecule has 130 valence electrons. The number of methoxy groups -OCH3 is 1. The van der Waals surface area contributed by atoms with Gasteiger partial charge in [-0.3, -0.25) is 4.90 Å². The van der Waals surface area contributed by atoms with E-state index in [0.29, 0.717) is 35.0 Å². The Bertz CT molecular complexity index is 660. The minimum absolute atomic E-state index is 0.140. The highest BCUT2D eigenvalue weighted by Gasteiger charge is 2.36. The highest BCUT2D eigenvalue weighted by Crippen LogP contribution is 2.34. The predicted molar refractivity (Wildman–Crippen MR) is 90.6 cm³/mol. The lowest BCUT2D eigenvalue weighted by Gasteiger charge is -2.35. The third-order valence-corrected chi connectivity index (χ3v) is 4.21. The van der Waals surface area contributed by atoms with Crippen LogP contribution in [0.3, 0.4) is 0 Å². The van der Waals surface area contributed by atoms with E-state index < -0.39 is 12.0 Å². The molecule has 1 aromatic carbocycles. The molecule has 24 heavy (non-hydrogen) atoms. The molecule has 0 fully saturated rings. The molecule has 1 unspecified atom stereocenters. The summed E-state index contributed by atoms with van der Waals surface area (Å²) in [7, 11) is 1.53. The molecule has 1 aliphatic heterocycles. The molecule has 2 amide bonds. The van der Waals surface area contributed by atoms with Crippen LogP contribution in [0.15, 0.2) is 35.5 Å². The molecule has 7 heteroatoms. The number of rotatable bonds is 6. The molecule has 0 saturated heterocycles. The van der Waals surface area contributed by atoms with Crippen LogP contribution in [0.25, 0.3) is 0 Å². The third kappa shape index (κ3) is 3.71. The van der Waals surface area contributed by atoms with Gasteiger partial charge in [0.1, 0.15) is 6.61 Å². The summed E-state index contributed by atoms with van der Waals surface area (Å²) in [5.74, 6) is -0.493. The van der Waals surface area contributed by atoms with Gasteiger partial charge in [0.25, 0.3) is 0 Å². The first-order valence-corrected chi connectivity index (χ1v) is 8.08. The Morgan fingerprint density at radius 3 is 2.67 bits per heavy atom. The van der Waals surface area contributed by atoms with E-state index in [2.05, 4.69) is 5.32 Å². The molecule has 2 rings (SSSR count). The number of benzene rings is 1. The second-order valence-electron chi connectivity index (χ2n) is 5.28. The number of halogens is 1. The zero-order valence-electron chi connectivity index (χ0n) is 14.0. The number of amides is 2. The van der Waals surface area contributed by atoms with Crippen molar-refractivity contribution in [1.29, 1.82) is 0 Å². The Balaban J connectivity index is 2.44. The van der Waals surface area contributed by atoms with E-state index in [0.717, 1.165) is 0 Å². The number of esters is 1. The van der Waals surface area contributed by atoms with Crippen LogP contribution in [0.1, 0.15) is 25.5 Å². The maximum absolute atomic E-state index is 12.6. The standard InChI is InChI=1S/C17H21ClN2O4/c1-4-20-11(2)14(16(21)24-10-9-23-3)15(19-17(20)22)12-7-5-6-8-13(12)18/h5-8,15H,4,9-10H2,1-3H3,(H,19,22). The molecule has 0 saturated carbocycles. The summed E-state index contributed by atoms with van der Waals surface area (Å²) in [6.45, 7) is 4.47. The lowest BCUT2D eigenvalue weighted by Crippen LogP contribution is -2.48. The Morgan fingerprint density at radius 2 is 2.04 bits per heavy atom. The van der Waals surface area contributed by atoms with Gasteiger partial charge in [0, 0.05) is 24.4 Å². The summed E-state index contributed by atoms with van der Waals surface area (Å²) in [6, 6.07) is 6.19. The van der Waals surface area contributed by atoms with Crippen LogP contribution in [-0.2, 0) is 14.3 Å². The number of hydrogen-bond donors (Lipinski definition) is 1. The van der Waals surface area contributed by atoms with Crippen molar-refractivity contribution in [3.05, 3.63) is 46.1 Å². The minimum atomic E-state index is -0.649. The van der Waals surface area contributed by atoms with Crippen LogP contribution in [0.5, 0.6) is 0 Å². The molecule has 0 aromatic heterocycles. The smallest absolute Gasteiger partial charge is 0.338 e. The van der Waals surface area contributed by atoms with Gasteiger partial charge in [0.15, 0.2) is 0 Å². The van der Waals surface area contributed by atoms with E-state index in [-0.39, 0.29) is 12.6 Å². The van der Waals surface area contributed by atoms with Crippen molar-refractivity contribution < 1.29 is 19.1 Å². The molecule has 1 aliphatic rings. The number of nitrogens with zero attached hydrogens (tertiary/aromatic N) is 1. The van der Waals surface area contributed by atoms with Crippen molar-refractivity contribution in [3.63, 3.8) is 0 Å². The molecular formula is C17H21ClN2O4. The van der Waals surface area contributed by atoms with E-state index in [1.165, 1.54) is 12.0 Å². The van der Waals surface area contributed by atoms with Gasteiger partial charge >= 0.3 is 12.0 Å². The third-order valence-electron chi connectivity index (χ3n) is 3.87. The Kier molecular flexibility index (Phi) is 6.23. The molecule has 0 aliphatic carbocycles. The molecule has 0 bridgehead atoms. The first-order valence-electron chi connectivity index (χ1n) is 7.70. The molecule has 1 heterocycles. The quantitative estimate of drug-likeness (QED) is 0.631. The van der Waals surface area contributed by atoms with E-state index >= 15 is 0 Å². The summed E-state index contributed by atoms with van der Waals surface area (Å²) in [4.78, 5) is 26.4. The normalized spacial score (nSPS) is 17.8. The Hall–Kier alpha value is -2.05. The predicted octanol–water partition coefficient (Wildman–Crippen LogP) is 2.89. The minimum Gasteiger partial charge on any atom is -0.460 e. The largest absolute Gasteiger partial charge is 0.460 e. The average molecular weight is 353 g/mol. The van der Waals surface area contributed by atoms with E-state index in [1.54, 1.807) is 25.1 Å². The lowest BCUT2D eigenvalue weighted by atomic mass is 9.95. The van der Waals surface area contributed by atoms with Crippen molar-refractivity contribution in [2.75, 3.05) is 26.9 Å². The van der Waals surface area contributed by atoms with Crippen molar-refractivity contribution in [2.24, 2.45) is 0 Å². The Morgan fingerprint density at radius 1 is 1.33 bits per heavy atom. The summed E-state index contributed by atoms with van der Waals surface area (Å²) >= 11 is 6.26. The van der Waals surface area contributed by atoms with Crippen LogP contribution in [0.2, 0.25) is 5.02 Å². The summed E-state index contributed by atoms with van der Waals surface area (Å²) in [5, 5.41) is 3.31. The monoisotopic (exact) mass is 352 g/mol. The van der Waals surface area contributed by atoms with E-state index in [1.807, 2.05) is 13.0 Å². The molecule has 1 aromatic rings. The van der Waals surface area contributed by atoms with Gasteiger partial charge in [-0.15, -0.1) is 0 Å². The first-order chi connectivity index (χ1) is 11.5. The van der Waals surface area contributed by atoms with Crippen molar-refractivity contribution in [3.8, 4) is 0 Å². The van der Waals surface area contributed by atoms with Gasteiger partial charge < -0.3 is 14.8 Å². The second-order valence-corrected chi connectivity index (χ2v) is 5.68. The fraction of sp³-hybridized carbons (Fsp3) is 0.412. The lowest BCUT2D eigenvalue weighted by molar-refractivity contribution is -0.140. The van der Waals surface area contributed by atoms with E-state index in [4.69, 9.17) is 21.1 Å². The molecule has 0 radical (unpaired) electrons. The number of carbonyl (C=O) groups is 2. The van der Waals surface area contributed by atoms with Crippen LogP contribution in [-0.4, -0.2) is 43.8 Å². The number of ether oxygens (including phenoxy) is 2. The van der Waals surface area contributed by atoms with Crippen LogP contribution < -0.4 is 5.32 Å². The summed E-state index contributed by atoms with van der Waals surface area (Å²) < 4.78 is 10.2. The van der Waals surface area contributed by atoms with Gasteiger partial charge in [-0.25, -0.2) is 9.59 Å². The van der Waals surface area contributed by atoms with Gasteiger partial charge in [0.05, 0.1) is 18.2 Å². The van der Waals surface area contributed by atoms with Gasteiger partial charge in [0.2, 0.25) is 0 Å². The number of hydrogen-bond acceptors (Lipinski definition) is 4. The molecule has 1 atom stereocenters. The summed E-state index contributed by atoms with van der Waals surface area (Å²) in [6.07, 6.45) is 0.